The minimum Gasteiger partial charge on any atom is -0.394 e. The zero-order valence-electron chi connectivity index (χ0n) is 26.8. The minimum atomic E-state index is -1.51. The number of nitrogens with zero attached hydrogens (tertiary/aromatic N) is 1. The predicted molar refractivity (Wildman–Crippen MR) is 166 cm³/mol. The lowest BCUT2D eigenvalue weighted by atomic mass is 9.92. The van der Waals surface area contributed by atoms with Crippen molar-refractivity contribution in [3.8, 4) is 0 Å². The average molecular weight is 604 g/mol. The number of aliphatic hydroxyl groups excluding tert-OH is 6. The monoisotopic (exact) mass is 603 g/mol. The summed E-state index contributed by atoms with van der Waals surface area (Å²) in [4.78, 5) is 14.6. The molecule has 1 amide bonds. The first-order valence-electron chi connectivity index (χ1n) is 17.2. The van der Waals surface area contributed by atoms with Crippen LogP contribution in [0.1, 0.15) is 142 Å². The Morgan fingerprint density at radius 1 is 0.667 bits per heavy atom. The number of hydrogen-bond donors (Lipinski definition) is 6. The molecule has 1 heterocycles. The van der Waals surface area contributed by atoms with Gasteiger partial charge in [-0.05, 0) is 12.8 Å². The average Bonchev–Trinajstić information content (AvgIpc) is 2.98. The summed E-state index contributed by atoms with van der Waals surface area (Å²) in [6.07, 6.45) is 12.7. The normalized spacial score (nSPS) is 24.0. The molecule has 6 N–H and O–H groups in total. The Morgan fingerprint density at radius 3 is 1.62 bits per heavy atom. The fourth-order valence-electron chi connectivity index (χ4n) is 5.86. The van der Waals surface area contributed by atoms with Gasteiger partial charge in [-0.2, -0.15) is 0 Å². The number of rotatable bonds is 26. The molecule has 250 valence electrons. The molecule has 1 rings (SSSR count). The smallest absolute Gasteiger partial charge is 0.251 e. The summed E-state index contributed by atoms with van der Waals surface area (Å²) in [6.45, 7) is 4.22. The maximum atomic E-state index is 13.1. The van der Waals surface area contributed by atoms with Crippen LogP contribution in [-0.4, -0.2) is 104 Å². The molecule has 0 spiro atoms. The Kier molecular flexibility index (Phi) is 22.9. The number of ether oxygens (including phenoxy) is 1. The topological polar surface area (TPSA) is 151 Å². The maximum absolute atomic E-state index is 13.1. The summed E-state index contributed by atoms with van der Waals surface area (Å²) in [6, 6.07) is 0. The van der Waals surface area contributed by atoms with Crippen LogP contribution < -0.4 is 0 Å². The summed E-state index contributed by atoms with van der Waals surface area (Å²) in [5, 5.41) is 61.3. The molecule has 0 aliphatic carbocycles. The molecule has 1 fully saturated rings. The van der Waals surface area contributed by atoms with Crippen LogP contribution in [0.4, 0.5) is 0 Å². The number of amides is 1. The fourth-order valence-corrected chi connectivity index (χ4v) is 5.86. The Hall–Kier alpha value is -0.810. The van der Waals surface area contributed by atoms with Crippen molar-refractivity contribution in [2.75, 3.05) is 19.7 Å². The van der Waals surface area contributed by atoms with Gasteiger partial charge in [0.2, 0.25) is 0 Å². The Bertz CT molecular complexity index is 652. The van der Waals surface area contributed by atoms with E-state index in [1.807, 2.05) is 0 Å². The summed E-state index contributed by atoms with van der Waals surface area (Å²) < 4.78 is 5.53. The Balaban J connectivity index is 2.47. The van der Waals surface area contributed by atoms with Gasteiger partial charge in [-0.15, -0.1) is 0 Å². The Morgan fingerprint density at radius 2 is 1.12 bits per heavy atom. The van der Waals surface area contributed by atoms with Crippen molar-refractivity contribution in [3.63, 3.8) is 0 Å². The van der Waals surface area contributed by atoms with Crippen molar-refractivity contribution >= 4 is 5.91 Å². The van der Waals surface area contributed by atoms with E-state index in [0.717, 1.165) is 44.9 Å². The maximum Gasteiger partial charge on any atom is 0.251 e. The predicted octanol–water partition coefficient (Wildman–Crippen LogP) is 4.22. The van der Waals surface area contributed by atoms with Gasteiger partial charge in [-0.3, -0.25) is 4.79 Å². The van der Waals surface area contributed by atoms with Gasteiger partial charge in [0.1, 0.15) is 30.5 Å². The van der Waals surface area contributed by atoms with Crippen molar-refractivity contribution in [2.24, 2.45) is 0 Å². The van der Waals surface area contributed by atoms with Crippen molar-refractivity contribution in [3.05, 3.63) is 0 Å². The summed E-state index contributed by atoms with van der Waals surface area (Å²) in [7, 11) is 0. The van der Waals surface area contributed by atoms with Crippen LogP contribution >= 0.6 is 0 Å². The minimum absolute atomic E-state index is 0.0294. The third-order valence-electron chi connectivity index (χ3n) is 8.64. The van der Waals surface area contributed by atoms with Crippen LogP contribution in [0.2, 0.25) is 0 Å². The molecule has 0 aromatic carbocycles. The van der Waals surface area contributed by atoms with Crippen molar-refractivity contribution in [2.45, 2.75) is 185 Å². The molecule has 0 radical (unpaired) electrons. The highest BCUT2D eigenvalue weighted by molar-refractivity contribution is 5.80. The summed E-state index contributed by atoms with van der Waals surface area (Å²) >= 11 is 0. The lowest BCUT2D eigenvalue weighted by Gasteiger charge is -2.41. The number of carbonyl (C=O) groups is 1. The van der Waals surface area contributed by atoms with Gasteiger partial charge < -0.3 is 40.3 Å². The number of aliphatic hydroxyl groups is 6. The molecule has 0 aromatic rings. The third-order valence-corrected chi connectivity index (χ3v) is 8.64. The summed E-state index contributed by atoms with van der Waals surface area (Å²) in [5.74, 6) is -0.394. The van der Waals surface area contributed by atoms with Crippen molar-refractivity contribution < 1.29 is 40.2 Å². The SMILES string of the molecule is CCCCCCCCCCCCCCCCN(CC(O)CC1O[C@H](CO)[C@@H](O)[C@H](O)[C@H]1O)C(=O)C(O)CCCCCC. The molecule has 0 aromatic heterocycles. The largest absolute Gasteiger partial charge is 0.394 e. The van der Waals surface area contributed by atoms with Crippen LogP contribution in [0, 0.1) is 0 Å². The quantitative estimate of drug-likeness (QED) is 0.0805. The first-order chi connectivity index (χ1) is 20.3. The highest BCUT2D eigenvalue weighted by Gasteiger charge is 2.44. The molecule has 7 atom stereocenters. The molecule has 9 heteroatoms. The molecule has 3 unspecified atom stereocenters. The second-order valence-electron chi connectivity index (χ2n) is 12.5. The molecular formula is C33H65NO8. The molecule has 0 bridgehead atoms. The number of hydrogen-bond acceptors (Lipinski definition) is 8. The van der Waals surface area contributed by atoms with Crippen LogP contribution in [-0.2, 0) is 9.53 Å². The number of carbonyl (C=O) groups excluding carboxylic acids is 1. The van der Waals surface area contributed by atoms with Gasteiger partial charge >= 0.3 is 0 Å². The van der Waals surface area contributed by atoms with E-state index < -0.39 is 55.2 Å². The van der Waals surface area contributed by atoms with E-state index in [9.17, 15) is 35.4 Å². The van der Waals surface area contributed by atoms with E-state index in [-0.39, 0.29) is 13.0 Å². The Labute approximate surface area is 255 Å². The fraction of sp³-hybridized carbons (Fsp3) is 0.970. The second-order valence-corrected chi connectivity index (χ2v) is 12.5. The standard InChI is InChI=1S/C33H65NO8/c1-3-5-7-9-10-11-12-13-14-15-16-17-18-20-22-34(33(41)27(37)21-19-8-6-4-2)24-26(36)23-28-30(38)32(40)31(39)29(25-35)42-28/h26-32,35-40H,3-25H2,1-2H3/t26?,27?,28?,29-,30+,31-,32-/m1/s1. The molecule has 9 nitrogen and oxygen atoms in total. The van der Waals surface area contributed by atoms with E-state index in [4.69, 9.17) is 4.74 Å². The molecule has 1 aliphatic heterocycles. The molecule has 1 saturated heterocycles. The number of unbranched alkanes of at least 4 members (excludes halogenated alkanes) is 16. The van der Waals surface area contributed by atoms with Gasteiger partial charge in [0, 0.05) is 19.5 Å². The lowest BCUT2D eigenvalue weighted by molar-refractivity contribution is -0.234. The van der Waals surface area contributed by atoms with Gasteiger partial charge in [0.05, 0.1) is 18.8 Å². The van der Waals surface area contributed by atoms with Gasteiger partial charge in [-0.25, -0.2) is 0 Å². The highest BCUT2D eigenvalue weighted by Crippen LogP contribution is 2.24. The van der Waals surface area contributed by atoms with E-state index in [2.05, 4.69) is 13.8 Å². The van der Waals surface area contributed by atoms with Crippen LogP contribution in [0.3, 0.4) is 0 Å². The molecule has 42 heavy (non-hydrogen) atoms. The van der Waals surface area contributed by atoms with Gasteiger partial charge in [0.25, 0.3) is 5.91 Å². The van der Waals surface area contributed by atoms with Crippen molar-refractivity contribution in [1.29, 1.82) is 0 Å². The van der Waals surface area contributed by atoms with E-state index >= 15 is 0 Å². The van der Waals surface area contributed by atoms with Crippen LogP contribution in [0.25, 0.3) is 0 Å². The second kappa shape index (κ2) is 24.5. The van der Waals surface area contributed by atoms with Crippen LogP contribution in [0.15, 0.2) is 0 Å². The molecule has 1 aliphatic rings. The van der Waals surface area contributed by atoms with Crippen molar-refractivity contribution in [1.82, 2.24) is 4.90 Å². The lowest BCUT2D eigenvalue weighted by Crippen LogP contribution is -2.59. The van der Waals surface area contributed by atoms with Gasteiger partial charge in [-0.1, -0.05) is 123 Å². The highest BCUT2D eigenvalue weighted by atomic mass is 16.5. The third kappa shape index (κ3) is 16.3. The first-order valence-corrected chi connectivity index (χ1v) is 17.2. The van der Waals surface area contributed by atoms with E-state index in [1.165, 1.54) is 75.5 Å². The van der Waals surface area contributed by atoms with E-state index in [1.54, 1.807) is 0 Å². The zero-order chi connectivity index (χ0) is 31.2. The van der Waals surface area contributed by atoms with Crippen LogP contribution in [0.5, 0.6) is 0 Å². The summed E-state index contributed by atoms with van der Waals surface area (Å²) in [5.41, 5.74) is 0. The molecular weight excluding hydrogens is 538 g/mol. The van der Waals surface area contributed by atoms with E-state index in [0.29, 0.717) is 13.0 Å². The molecule has 0 saturated carbocycles. The zero-order valence-corrected chi connectivity index (χ0v) is 26.8. The first kappa shape index (κ1) is 39.2. The van der Waals surface area contributed by atoms with Gasteiger partial charge in [0.15, 0.2) is 0 Å².